The molecule has 13 heteroatoms. The largest absolute Gasteiger partial charge is 0.487 e. The maximum atomic E-state index is 14.6. The molecule has 43 heavy (non-hydrogen) atoms. The number of fused-ring (bicyclic) bond motifs is 2. The fourth-order valence-electron chi connectivity index (χ4n) is 5.21. The van der Waals surface area contributed by atoms with E-state index in [1.54, 1.807) is 29.0 Å². The van der Waals surface area contributed by atoms with Gasteiger partial charge in [0.1, 0.15) is 37.8 Å². The van der Waals surface area contributed by atoms with Crippen molar-refractivity contribution in [3.63, 3.8) is 0 Å². The predicted molar refractivity (Wildman–Crippen MR) is 153 cm³/mol. The molecule has 0 unspecified atom stereocenters. The molecule has 2 amide bonds. The minimum atomic E-state index is -1.41. The Morgan fingerprint density at radius 2 is 1.70 bits per heavy atom. The number of rotatable bonds is 6. The van der Waals surface area contributed by atoms with Gasteiger partial charge in [-0.3, -0.25) is 14.4 Å². The Labute approximate surface area is 251 Å². The SMILES string of the molecule is CC(=O)c1cn(CC(=O)N2C[C@H](F)C[C@H]2C(=O)NCc2cccc(Cl)c2F)c2cc3c(cc12)OCCOCCOCCO3. The Bertz CT molecular complexity index is 1510. The zero-order valence-corrected chi connectivity index (χ0v) is 24.3. The van der Waals surface area contributed by atoms with E-state index in [0.29, 0.717) is 54.4 Å². The quantitative estimate of drug-likeness (QED) is 0.419. The van der Waals surface area contributed by atoms with Gasteiger partial charge in [-0.05, 0) is 19.1 Å². The zero-order valence-electron chi connectivity index (χ0n) is 23.6. The van der Waals surface area contributed by atoms with Crippen molar-refractivity contribution >= 4 is 40.1 Å². The zero-order chi connectivity index (χ0) is 30.5. The van der Waals surface area contributed by atoms with Crippen molar-refractivity contribution in [2.45, 2.75) is 38.6 Å². The highest BCUT2D eigenvalue weighted by atomic mass is 35.5. The summed E-state index contributed by atoms with van der Waals surface area (Å²) in [6, 6.07) is 6.71. The van der Waals surface area contributed by atoms with Crippen LogP contribution in [0, 0.1) is 5.82 Å². The second-order valence-corrected chi connectivity index (χ2v) is 10.7. The van der Waals surface area contributed by atoms with Crippen LogP contribution in [0.3, 0.4) is 0 Å². The van der Waals surface area contributed by atoms with Crippen LogP contribution >= 0.6 is 11.6 Å². The van der Waals surface area contributed by atoms with Crippen LogP contribution in [0.4, 0.5) is 8.78 Å². The highest BCUT2D eigenvalue weighted by Gasteiger charge is 2.40. The summed E-state index contributed by atoms with van der Waals surface area (Å²) in [5.41, 5.74) is 1.06. The number of likely N-dealkylation sites (tertiary alicyclic amines) is 1. The molecule has 0 bridgehead atoms. The normalized spacial score (nSPS) is 19.5. The summed E-state index contributed by atoms with van der Waals surface area (Å²) in [4.78, 5) is 40.3. The van der Waals surface area contributed by atoms with E-state index in [2.05, 4.69) is 5.32 Å². The molecular weight excluding hydrogens is 588 g/mol. The summed E-state index contributed by atoms with van der Waals surface area (Å²) in [5, 5.41) is 3.06. The number of nitrogens with zero attached hydrogens (tertiary/aromatic N) is 2. The molecule has 2 atom stereocenters. The Kier molecular flexibility index (Phi) is 9.79. The Hall–Kier alpha value is -3.74. The van der Waals surface area contributed by atoms with Gasteiger partial charge in [0.2, 0.25) is 11.8 Å². The number of hydrogen-bond acceptors (Lipinski definition) is 7. The number of carbonyl (C=O) groups excluding carboxylic acids is 3. The number of nitrogens with one attached hydrogen (secondary N) is 1. The fraction of sp³-hybridized carbons (Fsp3) is 0.433. The third-order valence-electron chi connectivity index (χ3n) is 7.33. The van der Waals surface area contributed by atoms with Crippen molar-refractivity contribution in [2.75, 3.05) is 46.2 Å². The fourth-order valence-corrected chi connectivity index (χ4v) is 5.40. The number of benzene rings is 2. The molecule has 0 spiro atoms. The number of halogens is 3. The van der Waals surface area contributed by atoms with Gasteiger partial charge in [-0.15, -0.1) is 0 Å². The lowest BCUT2D eigenvalue weighted by Crippen LogP contribution is -2.46. The lowest BCUT2D eigenvalue weighted by Gasteiger charge is -2.24. The number of Topliss-reactive ketones (excluding diaryl/α,β-unsaturated/α-hetero) is 1. The molecule has 1 fully saturated rings. The lowest BCUT2D eigenvalue weighted by atomic mass is 10.1. The first-order valence-electron chi connectivity index (χ1n) is 14.0. The molecule has 1 aromatic heterocycles. The van der Waals surface area contributed by atoms with Gasteiger partial charge in [0.05, 0.1) is 43.5 Å². The van der Waals surface area contributed by atoms with E-state index in [9.17, 15) is 23.2 Å². The summed E-state index contributed by atoms with van der Waals surface area (Å²) in [6.07, 6.45) is -0.0427. The van der Waals surface area contributed by atoms with Gasteiger partial charge >= 0.3 is 0 Å². The number of alkyl halides is 1. The van der Waals surface area contributed by atoms with Crippen LogP contribution < -0.4 is 14.8 Å². The third-order valence-corrected chi connectivity index (χ3v) is 7.62. The van der Waals surface area contributed by atoms with Gasteiger partial charge in [0.25, 0.3) is 0 Å². The summed E-state index contributed by atoms with van der Waals surface area (Å²) in [6.45, 7) is 2.73. The maximum absolute atomic E-state index is 14.6. The molecular formula is C30H32ClF2N3O7. The van der Waals surface area contributed by atoms with Gasteiger partial charge in [-0.2, -0.15) is 0 Å². The molecule has 230 valence electrons. The topological polar surface area (TPSA) is 108 Å². The van der Waals surface area contributed by atoms with Crippen LogP contribution in [0.2, 0.25) is 5.02 Å². The van der Waals surface area contributed by atoms with Crippen LogP contribution in [0.5, 0.6) is 11.5 Å². The first kappa shape index (κ1) is 30.7. The van der Waals surface area contributed by atoms with Crippen LogP contribution in [0.15, 0.2) is 36.5 Å². The molecule has 0 radical (unpaired) electrons. The van der Waals surface area contributed by atoms with E-state index < -0.39 is 29.8 Å². The van der Waals surface area contributed by atoms with Crippen molar-refractivity contribution in [1.82, 2.24) is 14.8 Å². The van der Waals surface area contributed by atoms with Gasteiger partial charge < -0.3 is 33.7 Å². The van der Waals surface area contributed by atoms with Crippen LogP contribution in [-0.2, 0) is 32.2 Å². The van der Waals surface area contributed by atoms with E-state index in [-0.39, 0.29) is 55.6 Å². The Morgan fingerprint density at radius 3 is 2.40 bits per heavy atom. The highest BCUT2D eigenvalue weighted by molar-refractivity contribution is 6.30. The number of ether oxygens (including phenoxy) is 4. The summed E-state index contributed by atoms with van der Waals surface area (Å²) >= 11 is 5.82. The molecule has 0 saturated carbocycles. The molecule has 2 aliphatic heterocycles. The third kappa shape index (κ3) is 7.09. The maximum Gasteiger partial charge on any atom is 0.243 e. The van der Waals surface area contributed by atoms with E-state index in [1.165, 1.54) is 24.0 Å². The molecule has 3 aromatic rings. The molecule has 5 rings (SSSR count). The van der Waals surface area contributed by atoms with Crippen molar-refractivity contribution < 1.29 is 42.1 Å². The molecule has 3 heterocycles. The summed E-state index contributed by atoms with van der Waals surface area (Å²) in [7, 11) is 0. The van der Waals surface area contributed by atoms with Crippen LogP contribution in [0.25, 0.3) is 10.9 Å². The average molecular weight is 620 g/mol. The van der Waals surface area contributed by atoms with Gasteiger partial charge in [0, 0.05) is 41.7 Å². The summed E-state index contributed by atoms with van der Waals surface area (Å²) < 4.78 is 53.2. The number of ketones is 1. The first-order valence-corrected chi connectivity index (χ1v) is 14.3. The number of carbonyl (C=O) groups is 3. The summed E-state index contributed by atoms with van der Waals surface area (Å²) in [5.74, 6) is -1.19. The smallest absolute Gasteiger partial charge is 0.243 e. The predicted octanol–water partition coefficient (Wildman–Crippen LogP) is 3.70. The molecule has 10 nitrogen and oxygen atoms in total. The number of amides is 2. The van der Waals surface area contributed by atoms with E-state index >= 15 is 0 Å². The number of hydrogen-bond donors (Lipinski definition) is 1. The number of aromatic nitrogens is 1. The Balaban J connectivity index is 1.37. The standard InChI is InChI=1S/C30H32ClF2N3O7/c1-18(37)22-16-35(24-13-27-26(12-21(22)24)42-9-7-40-5-6-41-8-10-43-27)17-28(38)36-15-20(32)11-25(36)30(39)34-14-19-3-2-4-23(31)29(19)33/h2-4,12-13,16,20,25H,5-11,14-15,17H2,1H3,(H,34,39)/t20-,25+/m1/s1. The molecule has 1 saturated heterocycles. The second-order valence-electron chi connectivity index (χ2n) is 10.3. The van der Waals surface area contributed by atoms with E-state index in [1.807, 2.05) is 0 Å². The second kappa shape index (κ2) is 13.7. The van der Waals surface area contributed by atoms with Crippen LogP contribution in [-0.4, -0.2) is 85.5 Å². The van der Waals surface area contributed by atoms with Crippen LogP contribution in [0.1, 0.15) is 29.3 Å². The van der Waals surface area contributed by atoms with Crippen molar-refractivity contribution in [2.24, 2.45) is 0 Å². The Morgan fingerprint density at radius 1 is 1.02 bits per heavy atom. The molecule has 0 aliphatic carbocycles. The van der Waals surface area contributed by atoms with E-state index in [4.69, 9.17) is 30.5 Å². The molecule has 2 aromatic carbocycles. The lowest BCUT2D eigenvalue weighted by molar-refractivity contribution is -0.139. The highest BCUT2D eigenvalue weighted by Crippen LogP contribution is 2.36. The average Bonchev–Trinajstić information content (AvgIpc) is 3.54. The first-order chi connectivity index (χ1) is 20.7. The van der Waals surface area contributed by atoms with Gasteiger partial charge in [0.15, 0.2) is 17.3 Å². The van der Waals surface area contributed by atoms with Crippen molar-refractivity contribution in [3.8, 4) is 11.5 Å². The minimum absolute atomic E-state index is 0.0825. The minimum Gasteiger partial charge on any atom is -0.487 e. The van der Waals surface area contributed by atoms with Crippen molar-refractivity contribution in [1.29, 1.82) is 0 Å². The molecule has 1 N–H and O–H groups in total. The molecule has 2 aliphatic rings. The van der Waals surface area contributed by atoms with Crippen molar-refractivity contribution in [3.05, 3.63) is 58.5 Å². The monoisotopic (exact) mass is 619 g/mol. The van der Waals surface area contributed by atoms with E-state index in [0.717, 1.165) is 0 Å². The van der Waals surface area contributed by atoms with Gasteiger partial charge in [-0.25, -0.2) is 8.78 Å². The van der Waals surface area contributed by atoms with Gasteiger partial charge in [-0.1, -0.05) is 23.7 Å².